The van der Waals surface area contributed by atoms with Gasteiger partial charge in [0.05, 0.1) is 24.3 Å². The van der Waals surface area contributed by atoms with Crippen LogP contribution in [0.1, 0.15) is 22.8 Å². The summed E-state index contributed by atoms with van der Waals surface area (Å²) in [6, 6.07) is 18.7. The van der Waals surface area contributed by atoms with Gasteiger partial charge >= 0.3 is 5.97 Å². The van der Waals surface area contributed by atoms with E-state index in [0.29, 0.717) is 12.2 Å². The third-order valence-electron chi connectivity index (χ3n) is 5.12. The molecule has 6 nitrogen and oxygen atoms in total. The third-order valence-corrected chi connectivity index (χ3v) is 5.12. The summed E-state index contributed by atoms with van der Waals surface area (Å²) in [5.41, 5.74) is 1.56. The smallest absolute Gasteiger partial charge is 0.338 e. The van der Waals surface area contributed by atoms with Crippen LogP contribution in [0.2, 0.25) is 0 Å². The van der Waals surface area contributed by atoms with Crippen molar-refractivity contribution in [2.45, 2.75) is 44.2 Å². The molecule has 1 aliphatic heterocycles. The maximum absolute atomic E-state index is 12.7. The highest BCUT2D eigenvalue weighted by atomic mass is 16.7. The predicted molar refractivity (Wildman–Crippen MR) is 109 cm³/mol. The number of likely N-dealkylation sites (N-methyl/N-ethyl adjacent to an activating group) is 1. The molecule has 0 saturated carbocycles. The quantitative estimate of drug-likeness (QED) is 0.667. The van der Waals surface area contributed by atoms with Gasteiger partial charge in [-0.25, -0.2) is 4.79 Å². The molecule has 156 valence electrons. The Hall–Kier alpha value is -2.25. The molecule has 0 amide bonds. The fraction of sp³-hybridized carbons (Fsp3) is 0.435. The van der Waals surface area contributed by atoms with Gasteiger partial charge in [0.1, 0.15) is 6.10 Å². The van der Waals surface area contributed by atoms with Crippen molar-refractivity contribution in [3.05, 3.63) is 71.8 Å². The van der Waals surface area contributed by atoms with Crippen LogP contribution in [0.15, 0.2) is 60.7 Å². The Kier molecular flexibility index (Phi) is 7.39. The van der Waals surface area contributed by atoms with Gasteiger partial charge in [-0.2, -0.15) is 0 Å². The first-order valence-electron chi connectivity index (χ1n) is 9.77. The summed E-state index contributed by atoms with van der Waals surface area (Å²) in [6.07, 6.45) is -1.85. The summed E-state index contributed by atoms with van der Waals surface area (Å²) in [4.78, 5) is 14.7. The van der Waals surface area contributed by atoms with E-state index in [2.05, 4.69) is 0 Å². The summed E-state index contributed by atoms with van der Waals surface area (Å²) in [7, 11) is 5.44. The second-order valence-electron chi connectivity index (χ2n) is 7.40. The normalized spacial score (nSPS) is 27.0. The highest BCUT2D eigenvalue weighted by molar-refractivity contribution is 5.89. The first-order valence-corrected chi connectivity index (χ1v) is 9.77. The van der Waals surface area contributed by atoms with E-state index in [1.807, 2.05) is 62.3 Å². The molecule has 0 aromatic heterocycles. The van der Waals surface area contributed by atoms with Gasteiger partial charge in [0.15, 0.2) is 12.4 Å². The lowest BCUT2D eigenvalue weighted by atomic mass is 9.95. The number of rotatable bonds is 7. The van der Waals surface area contributed by atoms with Crippen LogP contribution >= 0.6 is 0 Å². The Bertz CT molecular complexity index is 767. The number of esters is 1. The molecule has 2 aromatic rings. The number of methoxy groups -OCH3 is 1. The minimum absolute atomic E-state index is 0.234. The van der Waals surface area contributed by atoms with Crippen LogP contribution in [0.3, 0.4) is 0 Å². The topological polar surface area (TPSA) is 57.2 Å². The monoisotopic (exact) mass is 399 g/mol. The van der Waals surface area contributed by atoms with Crippen LogP contribution in [-0.4, -0.2) is 62.7 Å². The summed E-state index contributed by atoms with van der Waals surface area (Å²) in [6.45, 7) is 2.40. The lowest BCUT2D eigenvalue weighted by Crippen LogP contribution is -2.64. The van der Waals surface area contributed by atoms with Gasteiger partial charge in [0.25, 0.3) is 0 Å². The van der Waals surface area contributed by atoms with Crippen molar-refractivity contribution in [3.8, 4) is 0 Å². The van der Waals surface area contributed by atoms with Crippen molar-refractivity contribution < 1.29 is 23.7 Å². The SMILES string of the molecule is CO[C@H]1O[C@H](C)[C@@H](OCc2ccccc2)[C@H](N(C)C)[C@H]1OC(=O)c1ccccc1. The number of hydrogen-bond donors (Lipinski definition) is 0. The summed E-state index contributed by atoms with van der Waals surface area (Å²) in [5.74, 6) is -0.413. The molecule has 2 aromatic carbocycles. The van der Waals surface area contributed by atoms with Gasteiger partial charge in [0, 0.05) is 7.11 Å². The van der Waals surface area contributed by atoms with Crippen LogP contribution in [0.25, 0.3) is 0 Å². The standard InChI is InChI=1S/C23H29NO5/c1-16-20(27-15-17-11-7-5-8-12-17)19(24(2)3)21(23(26-4)28-16)29-22(25)18-13-9-6-10-14-18/h5-14,16,19-21,23H,15H2,1-4H3/t16-,19+,20-,21-,23+/m1/s1. The molecule has 1 fully saturated rings. The lowest BCUT2D eigenvalue weighted by Gasteiger charge is -2.47. The van der Waals surface area contributed by atoms with E-state index in [-0.39, 0.29) is 18.2 Å². The number of ether oxygens (including phenoxy) is 4. The number of hydrogen-bond acceptors (Lipinski definition) is 6. The summed E-state index contributed by atoms with van der Waals surface area (Å²) < 4.78 is 23.7. The lowest BCUT2D eigenvalue weighted by molar-refractivity contribution is -0.280. The van der Waals surface area contributed by atoms with Gasteiger partial charge in [-0.3, -0.25) is 0 Å². The van der Waals surface area contributed by atoms with E-state index < -0.39 is 18.4 Å². The maximum atomic E-state index is 12.7. The molecule has 0 unspecified atom stereocenters. The Morgan fingerprint density at radius 2 is 1.62 bits per heavy atom. The van der Waals surface area contributed by atoms with E-state index in [4.69, 9.17) is 18.9 Å². The number of carbonyl (C=O) groups is 1. The highest BCUT2D eigenvalue weighted by Crippen LogP contribution is 2.30. The average Bonchev–Trinajstić information content (AvgIpc) is 2.74. The van der Waals surface area contributed by atoms with Gasteiger partial charge in [0.2, 0.25) is 0 Å². The molecular formula is C23H29NO5. The Morgan fingerprint density at radius 1 is 1.00 bits per heavy atom. The molecule has 29 heavy (non-hydrogen) atoms. The fourth-order valence-electron chi connectivity index (χ4n) is 3.66. The third kappa shape index (κ3) is 5.22. The molecule has 0 aliphatic carbocycles. The zero-order chi connectivity index (χ0) is 20.8. The van der Waals surface area contributed by atoms with Crippen LogP contribution in [-0.2, 0) is 25.6 Å². The zero-order valence-corrected chi connectivity index (χ0v) is 17.4. The first-order chi connectivity index (χ1) is 14.0. The molecule has 0 radical (unpaired) electrons. The number of benzene rings is 2. The van der Waals surface area contributed by atoms with Crippen LogP contribution in [0.5, 0.6) is 0 Å². The van der Waals surface area contributed by atoms with Crippen molar-refractivity contribution in [1.82, 2.24) is 4.90 Å². The average molecular weight is 399 g/mol. The van der Waals surface area contributed by atoms with Gasteiger partial charge in [-0.05, 0) is 38.7 Å². The molecule has 3 rings (SSSR count). The second-order valence-corrected chi connectivity index (χ2v) is 7.40. The van der Waals surface area contributed by atoms with Crippen LogP contribution < -0.4 is 0 Å². The predicted octanol–water partition coefficient (Wildman–Crippen LogP) is 3.12. The molecule has 0 spiro atoms. The Morgan fingerprint density at radius 3 is 2.21 bits per heavy atom. The largest absolute Gasteiger partial charge is 0.452 e. The minimum atomic E-state index is -0.679. The van der Waals surface area contributed by atoms with E-state index in [1.54, 1.807) is 31.4 Å². The number of nitrogens with zero attached hydrogens (tertiary/aromatic N) is 1. The molecule has 0 N–H and O–H groups in total. The second kappa shape index (κ2) is 9.98. The zero-order valence-electron chi connectivity index (χ0n) is 17.4. The van der Waals surface area contributed by atoms with E-state index >= 15 is 0 Å². The van der Waals surface area contributed by atoms with E-state index in [9.17, 15) is 4.79 Å². The van der Waals surface area contributed by atoms with Crippen molar-refractivity contribution >= 4 is 5.97 Å². The van der Waals surface area contributed by atoms with Gasteiger partial charge in [-0.1, -0.05) is 48.5 Å². The van der Waals surface area contributed by atoms with Crippen molar-refractivity contribution in [2.75, 3.05) is 21.2 Å². The molecule has 1 aliphatic rings. The molecule has 5 atom stereocenters. The van der Waals surface area contributed by atoms with Crippen LogP contribution in [0, 0.1) is 0 Å². The van der Waals surface area contributed by atoms with E-state index in [1.165, 1.54) is 0 Å². The Labute approximate surface area is 172 Å². The molecular weight excluding hydrogens is 370 g/mol. The Balaban J connectivity index is 1.80. The van der Waals surface area contributed by atoms with Crippen molar-refractivity contribution in [2.24, 2.45) is 0 Å². The highest BCUT2D eigenvalue weighted by Gasteiger charge is 2.48. The molecule has 1 saturated heterocycles. The van der Waals surface area contributed by atoms with Gasteiger partial charge < -0.3 is 23.8 Å². The summed E-state index contributed by atoms with van der Waals surface area (Å²) >= 11 is 0. The fourth-order valence-corrected chi connectivity index (χ4v) is 3.66. The molecule has 6 heteroatoms. The maximum Gasteiger partial charge on any atom is 0.338 e. The summed E-state index contributed by atoms with van der Waals surface area (Å²) in [5, 5.41) is 0. The number of carbonyl (C=O) groups excluding carboxylic acids is 1. The minimum Gasteiger partial charge on any atom is -0.452 e. The van der Waals surface area contributed by atoms with Crippen molar-refractivity contribution in [3.63, 3.8) is 0 Å². The van der Waals surface area contributed by atoms with Crippen molar-refractivity contribution in [1.29, 1.82) is 0 Å². The van der Waals surface area contributed by atoms with Gasteiger partial charge in [-0.15, -0.1) is 0 Å². The first kappa shape index (κ1) is 21.5. The molecule has 0 bridgehead atoms. The molecule has 1 heterocycles. The van der Waals surface area contributed by atoms with E-state index in [0.717, 1.165) is 5.56 Å². The van der Waals surface area contributed by atoms with Crippen LogP contribution in [0.4, 0.5) is 0 Å².